The summed E-state index contributed by atoms with van der Waals surface area (Å²) in [5, 5.41) is 29.9. The molecular weight excluding hydrogens is 391 g/mol. The first kappa shape index (κ1) is 20.0. The van der Waals surface area contributed by atoms with Gasteiger partial charge in [-0.3, -0.25) is 4.90 Å². The minimum Gasteiger partial charge on any atom is -0.399 e. The zero-order chi connectivity index (χ0) is 21.8. The third kappa shape index (κ3) is 2.49. The first-order valence-corrected chi connectivity index (χ1v) is 9.54. The second kappa shape index (κ2) is 6.62. The van der Waals surface area contributed by atoms with Crippen LogP contribution in [0, 0.1) is 45.3 Å². The SMILES string of the molecule is CN1[C@@H]2CC[C@@H]1C=C1C(C#N)=C(N)C(C#N)(C#N)[C@H](c3ccccc3C(F)(F)F)[C@@H]12. The molecule has 8 heteroatoms. The van der Waals surface area contributed by atoms with E-state index in [1.54, 1.807) is 0 Å². The van der Waals surface area contributed by atoms with Gasteiger partial charge in [0.1, 0.15) is 6.07 Å². The Hall–Kier alpha value is -3.28. The van der Waals surface area contributed by atoms with Crippen LogP contribution in [0.1, 0.15) is 29.9 Å². The van der Waals surface area contributed by atoms with E-state index in [4.69, 9.17) is 5.73 Å². The lowest BCUT2D eigenvalue weighted by atomic mass is 9.56. The van der Waals surface area contributed by atoms with E-state index in [0.717, 1.165) is 12.5 Å². The van der Waals surface area contributed by atoms with Crippen LogP contribution in [-0.2, 0) is 6.18 Å². The zero-order valence-corrected chi connectivity index (χ0v) is 16.1. The van der Waals surface area contributed by atoms with Crippen LogP contribution >= 0.6 is 0 Å². The minimum atomic E-state index is -4.66. The Labute approximate surface area is 172 Å². The molecule has 2 heterocycles. The van der Waals surface area contributed by atoms with Crippen LogP contribution in [0.3, 0.4) is 0 Å². The van der Waals surface area contributed by atoms with Crippen LogP contribution in [-0.4, -0.2) is 24.0 Å². The number of likely N-dealkylation sites (N-methyl/N-ethyl adjacent to an activating group) is 1. The summed E-state index contributed by atoms with van der Waals surface area (Å²) in [4.78, 5) is 2.06. The van der Waals surface area contributed by atoms with Crippen LogP contribution in [0.15, 0.2) is 47.2 Å². The van der Waals surface area contributed by atoms with Crippen LogP contribution in [0.4, 0.5) is 13.2 Å². The van der Waals surface area contributed by atoms with Gasteiger partial charge in [-0.1, -0.05) is 24.3 Å². The van der Waals surface area contributed by atoms with Gasteiger partial charge in [-0.2, -0.15) is 29.0 Å². The van der Waals surface area contributed by atoms with Crippen molar-refractivity contribution in [3.8, 4) is 18.2 Å². The summed E-state index contributed by atoms with van der Waals surface area (Å²) >= 11 is 0. The summed E-state index contributed by atoms with van der Waals surface area (Å²) in [6.45, 7) is 0. The van der Waals surface area contributed by atoms with Gasteiger partial charge in [0.05, 0.1) is 29.0 Å². The van der Waals surface area contributed by atoms with Crippen molar-refractivity contribution in [2.75, 3.05) is 7.05 Å². The number of nitrogens with two attached hydrogens (primary N) is 1. The average molecular weight is 409 g/mol. The summed E-state index contributed by atoms with van der Waals surface area (Å²) in [6, 6.07) is 10.7. The maximum Gasteiger partial charge on any atom is 0.416 e. The van der Waals surface area contributed by atoms with Gasteiger partial charge in [0, 0.05) is 23.9 Å². The molecule has 0 amide bonds. The van der Waals surface area contributed by atoms with Gasteiger partial charge in [-0.15, -0.1) is 0 Å². The lowest BCUT2D eigenvalue weighted by Gasteiger charge is -2.48. The van der Waals surface area contributed by atoms with E-state index in [9.17, 15) is 29.0 Å². The molecule has 5 nitrogen and oxygen atoms in total. The highest BCUT2D eigenvalue weighted by Gasteiger charge is 2.59. The number of fused-ring (bicyclic) bond motifs is 4. The molecular formula is C22H18F3N5. The molecule has 152 valence electrons. The highest BCUT2D eigenvalue weighted by Crippen LogP contribution is 2.59. The smallest absolute Gasteiger partial charge is 0.399 e. The number of alkyl halides is 3. The average Bonchev–Trinajstić information content (AvgIpc) is 2.95. The second-order valence-electron chi connectivity index (χ2n) is 8.02. The Morgan fingerprint density at radius 2 is 1.80 bits per heavy atom. The summed E-state index contributed by atoms with van der Waals surface area (Å²) in [5.74, 6) is -1.78. The quantitative estimate of drug-likeness (QED) is 0.764. The van der Waals surface area contributed by atoms with E-state index >= 15 is 0 Å². The molecule has 2 aliphatic heterocycles. The Bertz CT molecular complexity index is 1080. The van der Waals surface area contributed by atoms with Crippen molar-refractivity contribution in [3.63, 3.8) is 0 Å². The van der Waals surface area contributed by atoms with Crippen molar-refractivity contribution in [3.05, 3.63) is 58.3 Å². The van der Waals surface area contributed by atoms with Crippen molar-refractivity contribution in [2.45, 2.75) is 37.0 Å². The molecule has 0 aromatic heterocycles. The van der Waals surface area contributed by atoms with E-state index in [1.165, 1.54) is 18.2 Å². The van der Waals surface area contributed by atoms with E-state index < -0.39 is 29.0 Å². The summed E-state index contributed by atoms with van der Waals surface area (Å²) in [6.07, 6.45) is -1.30. The molecule has 30 heavy (non-hydrogen) atoms. The van der Waals surface area contributed by atoms with Gasteiger partial charge in [-0.05, 0) is 37.1 Å². The maximum absolute atomic E-state index is 13.9. The number of hydrogen-bond donors (Lipinski definition) is 1. The van der Waals surface area contributed by atoms with E-state index in [2.05, 4.69) is 4.90 Å². The monoisotopic (exact) mass is 409 g/mol. The molecule has 2 N–H and O–H groups in total. The van der Waals surface area contributed by atoms with Gasteiger partial charge in [0.2, 0.25) is 0 Å². The van der Waals surface area contributed by atoms with Gasteiger partial charge in [0.15, 0.2) is 5.41 Å². The molecule has 4 rings (SSSR count). The number of hydrogen-bond acceptors (Lipinski definition) is 5. The van der Waals surface area contributed by atoms with Crippen LogP contribution < -0.4 is 5.73 Å². The number of allylic oxidation sites excluding steroid dienone is 2. The number of nitrogens with zero attached hydrogens (tertiary/aromatic N) is 4. The predicted octanol–water partition coefficient (Wildman–Crippen LogP) is 3.59. The van der Waals surface area contributed by atoms with E-state index in [-0.39, 0.29) is 28.9 Å². The molecule has 1 aromatic rings. The van der Waals surface area contributed by atoms with Gasteiger partial charge in [0.25, 0.3) is 0 Å². The first-order chi connectivity index (χ1) is 14.2. The molecule has 1 saturated heterocycles. The topological polar surface area (TPSA) is 101 Å². The number of halogens is 3. The molecule has 0 saturated carbocycles. The summed E-state index contributed by atoms with van der Waals surface area (Å²) in [7, 11) is 1.89. The van der Waals surface area contributed by atoms with E-state index in [0.29, 0.717) is 12.0 Å². The Balaban J connectivity index is 2.09. The number of nitriles is 3. The molecule has 0 radical (unpaired) electrons. The zero-order valence-electron chi connectivity index (χ0n) is 16.1. The molecule has 3 aliphatic rings. The molecule has 1 aromatic carbocycles. The highest BCUT2D eigenvalue weighted by molar-refractivity contribution is 5.61. The van der Waals surface area contributed by atoms with Crippen molar-refractivity contribution in [2.24, 2.45) is 17.1 Å². The van der Waals surface area contributed by atoms with Crippen molar-refractivity contribution >= 4 is 0 Å². The molecule has 2 bridgehead atoms. The highest BCUT2D eigenvalue weighted by atomic mass is 19.4. The fourth-order valence-corrected chi connectivity index (χ4v) is 5.46. The van der Waals surface area contributed by atoms with Crippen molar-refractivity contribution < 1.29 is 13.2 Å². The molecule has 4 atom stereocenters. The van der Waals surface area contributed by atoms with Crippen LogP contribution in [0.25, 0.3) is 0 Å². The largest absolute Gasteiger partial charge is 0.416 e. The molecule has 1 fully saturated rings. The van der Waals surface area contributed by atoms with Gasteiger partial charge >= 0.3 is 6.18 Å². The second-order valence-corrected chi connectivity index (χ2v) is 8.02. The Morgan fingerprint density at radius 3 is 2.40 bits per heavy atom. The van der Waals surface area contributed by atoms with Crippen LogP contribution in [0.5, 0.6) is 0 Å². The molecule has 0 unspecified atom stereocenters. The standard InChI is InChI=1S/C22H18F3N5/c1-30-12-6-7-17(30)18-14(8-12)15(9-26)20(29)21(10-27,11-28)19(18)13-4-2-3-5-16(13)22(23,24)25/h2-5,8,12,17-19H,6-7,29H2,1H3/t12-,17-,18+,19-/m1/s1. The van der Waals surface area contributed by atoms with Crippen molar-refractivity contribution in [1.29, 1.82) is 15.8 Å². The predicted molar refractivity (Wildman–Crippen MR) is 101 cm³/mol. The number of benzene rings is 1. The lowest BCUT2D eigenvalue weighted by molar-refractivity contribution is -0.138. The lowest BCUT2D eigenvalue weighted by Crippen LogP contribution is -2.51. The maximum atomic E-state index is 13.9. The minimum absolute atomic E-state index is 0.0487. The molecule has 0 spiro atoms. The first-order valence-electron chi connectivity index (χ1n) is 9.54. The fraction of sp³-hybridized carbons (Fsp3) is 0.409. The third-order valence-electron chi connectivity index (χ3n) is 6.82. The molecule has 1 aliphatic carbocycles. The van der Waals surface area contributed by atoms with Crippen molar-refractivity contribution in [1.82, 2.24) is 4.90 Å². The van der Waals surface area contributed by atoms with Gasteiger partial charge in [-0.25, -0.2) is 0 Å². The summed E-state index contributed by atoms with van der Waals surface area (Å²) in [5.41, 5.74) is 3.45. The fourth-order valence-electron chi connectivity index (χ4n) is 5.46. The Kier molecular flexibility index (Phi) is 4.42. The van der Waals surface area contributed by atoms with Gasteiger partial charge < -0.3 is 5.73 Å². The third-order valence-corrected chi connectivity index (χ3v) is 6.82. The Morgan fingerprint density at radius 1 is 1.13 bits per heavy atom. The van der Waals surface area contributed by atoms with E-state index in [1.807, 2.05) is 31.3 Å². The van der Waals surface area contributed by atoms with Crippen LogP contribution in [0.2, 0.25) is 0 Å². The number of rotatable bonds is 1. The normalized spacial score (nSPS) is 30.0. The summed E-state index contributed by atoms with van der Waals surface area (Å²) < 4.78 is 41.7.